The third-order valence-corrected chi connectivity index (χ3v) is 6.32. The van der Waals surface area contributed by atoms with Gasteiger partial charge in [0.1, 0.15) is 11.3 Å². The molecule has 0 aliphatic rings. The van der Waals surface area contributed by atoms with Crippen LogP contribution in [0, 0.1) is 12.7 Å². The van der Waals surface area contributed by atoms with Gasteiger partial charge in [0.15, 0.2) is 5.82 Å². The highest BCUT2D eigenvalue weighted by Crippen LogP contribution is 2.33. The molecule has 190 valence electrons. The van der Waals surface area contributed by atoms with E-state index in [1.165, 1.54) is 6.07 Å². The molecule has 0 fully saturated rings. The summed E-state index contributed by atoms with van der Waals surface area (Å²) in [4.78, 5) is 12.9. The molecular weight excluding hydrogens is 477 g/mol. The average molecular weight is 506 g/mol. The Morgan fingerprint density at radius 2 is 1.76 bits per heavy atom. The molecular formula is C30H28FN7. The summed E-state index contributed by atoms with van der Waals surface area (Å²) in [6.45, 7) is 12.3. The summed E-state index contributed by atoms with van der Waals surface area (Å²) < 4.78 is 15.2. The second-order valence-electron chi connectivity index (χ2n) is 9.07. The summed E-state index contributed by atoms with van der Waals surface area (Å²) in [6, 6.07) is 11.1. The Morgan fingerprint density at radius 1 is 0.947 bits per heavy atom. The van der Waals surface area contributed by atoms with E-state index >= 15 is 4.39 Å². The van der Waals surface area contributed by atoms with Crippen molar-refractivity contribution >= 4 is 28.1 Å². The molecule has 5 aromatic rings. The first-order valence-corrected chi connectivity index (χ1v) is 12.3. The van der Waals surface area contributed by atoms with Gasteiger partial charge in [-0.15, -0.1) is 0 Å². The normalized spacial score (nSPS) is 10.9. The lowest BCUT2D eigenvalue weighted by atomic mass is 10.0. The van der Waals surface area contributed by atoms with Gasteiger partial charge >= 0.3 is 0 Å². The average Bonchev–Trinajstić information content (AvgIpc) is 3.35. The van der Waals surface area contributed by atoms with Crippen LogP contribution in [0.5, 0.6) is 0 Å². The highest BCUT2D eigenvalue weighted by molar-refractivity contribution is 5.95. The largest absolute Gasteiger partial charge is 0.358 e. The van der Waals surface area contributed by atoms with Crippen molar-refractivity contribution in [1.29, 1.82) is 0 Å². The predicted octanol–water partition coefficient (Wildman–Crippen LogP) is 7.34. The number of anilines is 2. The van der Waals surface area contributed by atoms with E-state index in [1.54, 1.807) is 31.0 Å². The van der Waals surface area contributed by atoms with Gasteiger partial charge in [-0.1, -0.05) is 26.5 Å². The van der Waals surface area contributed by atoms with E-state index in [0.717, 1.165) is 46.5 Å². The Bertz CT molecular complexity index is 1640. The first-order valence-electron chi connectivity index (χ1n) is 12.3. The van der Waals surface area contributed by atoms with Crippen LogP contribution in [0.1, 0.15) is 31.0 Å². The van der Waals surface area contributed by atoms with Crippen molar-refractivity contribution in [3.05, 3.63) is 103 Å². The topological polar surface area (TPSA) is 91.4 Å². The van der Waals surface area contributed by atoms with Crippen LogP contribution >= 0.6 is 0 Å². The lowest BCUT2D eigenvalue weighted by Gasteiger charge is -2.14. The number of H-pyrrole nitrogens is 1. The number of hydrogen-bond donors (Lipinski definition) is 3. The second-order valence-corrected chi connectivity index (χ2v) is 9.07. The molecule has 4 heterocycles. The zero-order chi connectivity index (χ0) is 26.6. The lowest BCUT2D eigenvalue weighted by Crippen LogP contribution is -2.03. The van der Waals surface area contributed by atoms with Crippen molar-refractivity contribution < 1.29 is 4.39 Å². The highest BCUT2D eigenvalue weighted by atomic mass is 19.1. The number of rotatable bonds is 9. The fourth-order valence-corrected chi connectivity index (χ4v) is 4.42. The minimum Gasteiger partial charge on any atom is -0.358 e. The van der Waals surface area contributed by atoms with Crippen LogP contribution in [0.4, 0.5) is 15.9 Å². The number of halogens is 1. The summed E-state index contributed by atoms with van der Waals surface area (Å²) in [6.07, 6.45) is 10.5. The van der Waals surface area contributed by atoms with Gasteiger partial charge in [-0.3, -0.25) is 15.1 Å². The minimum absolute atomic E-state index is 0.237. The van der Waals surface area contributed by atoms with Gasteiger partial charge in [0.25, 0.3) is 0 Å². The molecule has 0 saturated heterocycles. The van der Waals surface area contributed by atoms with Gasteiger partial charge in [-0.2, -0.15) is 5.10 Å². The molecule has 0 spiro atoms. The van der Waals surface area contributed by atoms with Crippen molar-refractivity contribution in [3.8, 4) is 22.3 Å². The van der Waals surface area contributed by atoms with Crippen LogP contribution in [0.25, 0.3) is 38.9 Å². The lowest BCUT2D eigenvalue weighted by molar-refractivity contribution is 0.636. The summed E-state index contributed by atoms with van der Waals surface area (Å²) >= 11 is 0. The van der Waals surface area contributed by atoms with Crippen LogP contribution in [-0.2, 0) is 0 Å². The molecule has 0 atom stereocenters. The standard InChI is InChI=1S/C30H28FN7/c1-5-6-18(2)35-24-13-23(16-33-17-24)22-14-26-28(37-38-29(26)27(31)15-22)20(4)36-30-19(3)25(9-12-34-30)21-7-10-32-11-8-21/h7-17,35H,2,4-6H2,1,3H3,(H,34,36)(H,37,38). The number of nitrogens with zero attached hydrogens (tertiary/aromatic N) is 4. The van der Waals surface area contributed by atoms with Crippen LogP contribution < -0.4 is 10.6 Å². The number of nitrogens with one attached hydrogen (secondary N) is 3. The molecule has 0 aliphatic carbocycles. The van der Waals surface area contributed by atoms with Crippen molar-refractivity contribution in [2.24, 2.45) is 0 Å². The number of pyridine rings is 3. The number of fused-ring (bicyclic) bond motifs is 1. The van der Waals surface area contributed by atoms with Crippen molar-refractivity contribution in [2.45, 2.75) is 26.7 Å². The highest BCUT2D eigenvalue weighted by Gasteiger charge is 2.17. The van der Waals surface area contributed by atoms with Gasteiger partial charge in [0, 0.05) is 41.4 Å². The smallest absolute Gasteiger partial charge is 0.151 e. The molecule has 3 N–H and O–H groups in total. The summed E-state index contributed by atoms with van der Waals surface area (Å²) in [5, 5.41) is 14.3. The van der Waals surface area contributed by atoms with Crippen LogP contribution in [-0.4, -0.2) is 25.1 Å². The number of aromatic amines is 1. The molecule has 7 nitrogen and oxygen atoms in total. The first-order chi connectivity index (χ1) is 18.4. The van der Waals surface area contributed by atoms with Crippen LogP contribution in [0.2, 0.25) is 0 Å². The molecule has 0 radical (unpaired) electrons. The van der Waals surface area contributed by atoms with E-state index in [-0.39, 0.29) is 5.52 Å². The van der Waals surface area contributed by atoms with Gasteiger partial charge in [0.05, 0.1) is 23.3 Å². The quantitative estimate of drug-likeness (QED) is 0.194. The predicted molar refractivity (Wildman–Crippen MR) is 152 cm³/mol. The van der Waals surface area contributed by atoms with E-state index in [9.17, 15) is 0 Å². The molecule has 5 rings (SSSR count). The number of benzene rings is 1. The Balaban J connectivity index is 1.46. The molecule has 0 bridgehead atoms. The second kappa shape index (κ2) is 10.6. The Kier molecular flexibility index (Phi) is 6.95. The fraction of sp³-hybridized carbons (Fsp3) is 0.133. The molecule has 8 heteroatoms. The van der Waals surface area contributed by atoms with Gasteiger partial charge in [-0.25, -0.2) is 9.37 Å². The maximum absolute atomic E-state index is 15.2. The Hall–Kier alpha value is -4.85. The third kappa shape index (κ3) is 5.01. The van der Waals surface area contributed by atoms with E-state index in [2.05, 4.69) is 55.9 Å². The van der Waals surface area contributed by atoms with Crippen LogP contribution in [0.15, 0.2) is 86.2 Å². The van der Waals surface area contributed by atoms with Gasteiger partial charge < -0.3 is 10.6 Å². The zero-order valence-electron chi connectivity index (χ0n) is 21.3. The summed E-state index contributed by atoms with van der Waals surface area (Å²) in [7, 11) is 0. The maximum atomic E-state index is 15.2. The summed E-state index contributed by atoms with van der Waals surface area (Å²) in [5.74, 6) is 0.217. The number of allylic oxidation sites excluding steroid dienone is 1. The van der Waals surface area contributed by atoms with Crippen molar-refractivity contribution in [2.75, 3.05) is 10.6 Å². The van der Waals surface area contributed by atoms with Gasteiger partial charge in [-0.05, 0) is 72.0 Å². The van der Waals surface area contributed by atoms with E-state index < -0.39 is 5.82 Å². The molecule has 0 aliphatic heterocycles. The van der Waals surface area contributed by atoms with E-state index in [1.807, 2.05) is 37.3 Å². The van der Waals surface area contributed by atoms with E-state index in [0.29, 0.717) is 28.2 Å². The van der Waals surface area contributed by atoms with Crippen molar-refractivity contribution in [1.82, 2.24) is 25.1 Å². The summed E-state index contributed by atoms with van der Waals surface area (Å²) in [5.41, 5.74) is 7.52. The Labute approximate surface area is 220 Å². The molecule has 0 unspecified atom stereocenters. The third-order valence-electron chi connectivity index (χ3n) is 6.32. The molecule has 1 aromatic carbocycles. The number of aromatic nitrogens is 5. The SMILES string of the molecule is C=C(CCC)Nc1cncc(-c2cc(F)c3n[nH]c(C(=C)Nc4nccc(-c5ccncc5)c4C)c3c2)c1. The monoisotopic (exact) mass is 505 g/mol. The number of hydrogen-bond acceptors (Lipinski definition) is 6. The minimum atomic E-state index is -0.435. The molecule has 4 aromatic heterocycles. The molecule has 0 amide bonds. The van der Waals surface area contributed by atoms with Crippen LogP contribution in [0.3, 0.4) is 0 Å². The maximum Gasteiger partial charge on any atom is 0.151 e. The van der Waals surface area contributed by atoms with Crippen molar-refractivity contribution in [3.63, 3.8) is 0 Å². The van der Waals surface area contributed by atoms with E-state index in [4.69, 9.17) is 0 Å². The van der Waals surface area contributed by atoms with Gasteiger partial charge in [0.2, 0.25) is 0 Å². The molecule has 38 heavy (non-hydrogen) atoms. The zero-order valence-corrected chi connectivity index (χ0v) is 21.3. The molecule has 0 saturated carbocycles. The Morgan fingerprint density at radius 3 is 2.55 bits per heavy atom. The first kappa shape index (κ1) is 24.8. The fourth-order valence-electron chi connectivity index (χ4n) is 4.42.